The van der Waals surface area contributed by atoms with Gasteiger partial charge in [-0.3, -0.25) is 9.59 Å². The van der Waals surface area contributed by atoms with E-state index >= 15 is 0 Å². The number of aromatic nitrogens is 4. The third kappa shape index (κ3) is 3.08. The number of aliphatic carboxylic acids is 1. The van der Waals surface area contributed by atoms with Gasteiger partial charge >= 0.3 is 5.97 Å². The van der Waals surface area contributed by atoms with Crippen LogP contribution in [-0.2, 0) is 4.79 Å². The van der Waals surface area contributed by atoms with E-state index in [1.54, 1.807) is 12.4 Å². The van der Waals surface area contributed by atoms with Gasteiger partial charge in [-0.2, -0.15) is 4.98 Å². The van der Waals surface area contributed by atoms with Gasteiger partial charge in [-0.1, -0.05) is 0 Å². The number of carboxylic acid groups (broad SMARTS) is 1. The molecule has 2 aromatic rings. The van der Waals surface area contributed by atoms with E-state index in [1.807, 2.05) is 0 Å². The number of hydrogen-bond donors (Lipinski definition) is 2. The zero-order valence-corrected chi connectivity index (χ0v) is 13.2. The predicted octanol–water partition coefficient (Wildman–Crippen LogP) is 1.26. The van der Waals surface area contributed by atoms with Gasteiger partial charge < -0.3 is 10.4 Å². The van der Waals surface area contributed by atoms with E-state index in [0.29, 0.717) is 31.5 Å². The maximum Gasteiger partial charge on any atom is 0.306 e. The Kier molecular flexibility index (Phi) is 4.06. The summed E-state index contributed by atoms with van der Waals surface area (Å²) in [6, 6.07) is -0.0330. The minimum absolute atomic E-state index is 0.0330. The van der Waals surface area contributed by atoms with Crippen LogP contribution in [-0.4, -0.2) is 42.6 Å². The number of fused-ring (bicyclic) bond motifs is 1. The number of amides is 1. The van der Waals surface area contributed by atoms with Crippen LogP contribution in [0.1, 0.15) is 36.3 Å². The van der Waals surface area contributed by atoms with E-state index in [4.69, 9.17) is 5.11 Å². The number of rotatable bonds is 3. The lowest BCUT2D eigenvalue weighted by Crippen LogP contribution is -2.39. The lowest BCUT2D eigenvalue weighted by molar-refractivity contribution is -0.142. The van der Waals surface area contributed by atoms with Crippen molar-refractivity contribution in [3.05, 3.63) is 22.7 Å². The van der Waals surface area contributed by atoms with Gasteiger partial charge in [0, 0.05) is 18.4 Å². The van der Waals surface area contributed by atoms with Crippen LogP contribution in [0.2, 0.25) is 0 Å². The second-order valence-electron chi connectivity index (χ2n) is 5.31. The van der Waals surface area contributed by atoms with Crippen molar-refractivity contribution >= 4 is 33.6 Å². The van der Waals surface area contributed by atoms with Crippen molar-refractivity contribution in [3.63, 3.8) is 0 Å². The van der Waals surface area contributed by atoms with Crippen molar-refractivity contribution in [2.75, 3.05) is 0 Å². The third-order valence-corrected chi connectivity index (χ3v) is 4.19. The van der Waals surface area contributed by atoms with Gasteiger partial charge in [0.1, 0.15) is 0 Å². The fraction of sp³-hybridized carbons (Fsp3) is 0.462. The van der Waals surface area contributed by atoms with Crippen molar-refractivity contribution in [3.8, 4) is 0 Å². The molecule has 1 amide bonds. The van der Waals surface area contributed by atoms with Gasteiger partial charge in [-0.15, -0.1) is 5.10 Å². The van der Waals surface area contributed by atoms with E-state index in [0.717, 1.165) is 4.47 Å². The summed E-state index contributed by atoms with van der Waals surface area (Å²) in [5, 5.41) is 15.9. The highest BCUT2D eigenvalue weighted by Gasteiger charge is 2.27. The summed E-state index contributed by atoms with van der Waals surface area (Å²) < 4.78 is 2.17. The Morgan fingerprint density at radius 3 is 2.73 bits per heavy atom. The average molecular weight is 368 g/mol. The molecule has 1 aliphatic carbocycles. The lowest BCUT2D eigenvalue weighted by Gasteiger charge is -2.26. The largest absolute Gasteiger partial charge is 0.481 e. The minimum atomic E-state index is -0.761. The number of hydrogen-bond acceptors (Lipinski definition) is 5. The molecule has 8 nitrogen and oxygen atoms in total. The first-order chi connectivity index (χ1) is 10.5. The third-order valence-electron chi connectivity index (χ3n) is 3.78. The van der Waals surface area contributed by atoms with Crippen molar-refractivity contribution < 1.29 is 14.7 Å². The monoisotopic (exact) mass is 367 g/mol. The molecule has 0 aliphatic heterocycles. The Balaban J connectivity index is 1.65. The molecule has 0 spiro atoms. The summed E-state index contributed by atoms with van der Waals surface area (Å²) in [5.74, 6) is -1.01. The SMILES string of the molecule is O=C(NC1CCC(C(=O)O)CC1)c1nc2ncc(Br)cn2n1. The Bertz CT molecular complexity index is 724. The molecule has 0 saturated heterocycles. The summed E-state index contributed by atoms with van der Waals surface area (Å²) in [4.78, 5) is 31.2. The molecule has 9 heteroatoms. The van der Waals surface area contributed by atoms with Crippen molar-refractivity contribution in [1.82, 2.24) is 24.9 Å². The number of carboxylic acids is 1. The molecule has 1 aliphatic rings. The van der Waals surface area contributed by atoms with E-state index in [2.05, 4.69) is 36.3 Å². The molecule has 116 valence electrons. The van der Waals surface area contributed by atoms with E-state index in [9.17, 15) is 9.59 Å². The zero-order chi connectivity index (χ0) is 15.7. The van der Waals surface area contributed by atoms with Crippen LogP contribution >= 0.6 is 15.9 Å². The molecule has 22 heavy (non-hydrogen) atoms. The summed E-state index contributed by atoms with van der Waals surface area (Å²) in [6.45, 7) is 0. The highest BCUT2D eigenvalue weighted by Crippen LogP contribution is 2.24. The van der Waals surface area contributed by atoms with Gasteiger partial charge in [0.2, 0.25) is 5.82 Å². The molecule has 3 rings (SSSR count). The number of nitrogens with zero attached hydrogens (tertiary/aromatic N) is 4. The second-order valence-corrected chi connectivity index (χ2v) is 6.23. The maximum absolute atomic E-state index is 12.2. The van der Waals surface area contributed by atoms with Gasteiger partial charge in [-0.25, -0.2) is 9.50 Å². The molecule has 1 saturated carbocycles. The summed E-state index contributed by atoms with van der Waals surface area (Å²) in [5.41, 5.74) is 0. The number of carbonyl (C=O) groups is 2. The Hall–Kier alpha value is -2.03. The zero-order valence-electron chi connectivity index (χ0n) is 11.6. The summed E-state index contributed by atoms with van der Waals surface area (Å²) in [7, 11) is 0. The first-order valence-corrected chi connectivity index (χ1v) is 7.74. The van der Waals surface area contributed by atoms with Crippen LogP contribution < -0.4 is 5.32 Å². The van der Waals surface area contributed by atoms with Crippen molar-refractivity contribution in [2.24, 2.45) is 5.92 Å². The lowest BCUT2D eigenvalue weighted by atomic mass is 9.86. The van der Waals surface area contributed by atoms with Crippen LogP contribution in [0.15, 0.2) is 16.9 Å². The Morgan fingerprint density at radius 1 is 1.32 bits per heavy atom. The van der Waals surface area contributed by atoms with Crippen LogP contribution in [0, 0.1) is 5.92 Å². The normalized spacial score (nSPS) is 21.7. The quantitative estimate of drug-likeness (QED) is 0.844. The molecule has 0 atom stereocenters. The van der Waals surface area contributed by atoms with Crippen LogP contribution in [0.25, 0.3) is 5.78 Å². The van der Waals surface area contributed by atoms with E-state index in [-0.39, 0.29) is 23.7 Å². The number of nitrogens with one attached hydrogen (secondary N) is 1. The molecule has 1 fully saturated rings. The molecule has 2 heterocycles. The topological polar surface area (TPSA) is 109 Å². The fourth-order valence-electron chi connectivity index (χ4n) is 2.59. The molecule has 0 unspecified atom stereocenters. The Labute approximate surface area is 134 Å². The first-order valence-electron chi connectivity index (χ1n) is 6.94. The van der Waals surface area contributed by atoms with Gasteiger partial charge in [0.25, 0.3) is 11.7 Å². The summed E-state index contributed by atoms with van der Waals surface area (Å²) in [6.07, 6.45) is 5.71. The predicted molar refractivity (Wildman–Crippen MR) is 79.3 cm³/mol. The smallest absolute Gasteiger partial charge is 0.306 e. The van der Waals surface area contributed by atoms with Crippen molar-refractivity contribution in [1.29, 1.82) is 0 Å². The first kappa shape index (κ1) is 14.9. The molecular formula is C13H14BrN5O3. The highest BCUT2D eigenvalue weighted by atomic mass is 79.9. The maximum atomic E-state index is 12.2. The highest BCUT2D eigenvalue weighted by molar-refractivity contribution is 9.10. The number of halogens is 1. The number of carbonyl (C=O) groups excluding carboxylic acids is 1. The average Bonchev–Trinajstić information content (AvgIpc) is 2.91. The van der Waals surface area contributed by atoms with Crippen LogP contribution in [0.4, 0.5) is 0 Å². The van der Waals surface area contributed by atoms with Crippen molar-refractivity contribution in [2.45, 2.75) is 31.7 Å². The minimum Gasteiger partial charge on any atom is -0.481 e. The van der Waals surface area contributed by atoms with Gasteiger partial charge in [0.15, 0.2) is 0 Å². The fourth-order valence-corrected chi connectivity index (χ4v) is 2.89. The van der Waals surface area contributed by atoms with Crippen LogP contribution in [0.3, 0.4) is 0 Å². The molecule has 2 N–H and O–H groups in total. The molecule has 0 aromatic carbocycles. The van der Waals surface area contributed by atoms with E-state index in [1.165, 1.54) is 4.52 Å². The summed E-state index contributed by atoms with van der Waals surface area (Å²) >= 11 is 3.28. The van der Waals surface area contributed by atoms with Gasteiger partial charge in [-0.05, 0) is 41.6 Å². The standard InChI is InChI=1S/C13H14BrN5O3/c14-8-5-15-13-17-10(18-19(13)6-8)11(20)16-9-3-1-7(2-4-9)12(21)22/h5-7,9H,1-4H2,(H,16,20)(H,21,22). The van der Waals surface area contributed by atoms with Crippen LogP contribution in [0.5, 0.6) is 0 Å². The molecule has 0 radical (unpaired) electrons. The molecular weight excluding hydrogens is 354 g/mol. The van der Waals surface area contributed by atoms with Gasteiger partial charge in [0.05, 0.1) is 10.4 Å². The molecule has 2 aromatic heterocycles. The Morgan fingerprint density at radius 2 is 2.05 bits per heavy atom. The van der Waals surface area contributed by atoms with E-state index < -0.39 is 5.97 Å². The second kappa shape index (κ2) is 5.99. The molecule has 0 bridgehead atoms.